The van der Waals surface area contributed by atoms with Crippen LogP contribution in [-0.4, -0.2) is 78.9 Å². The smallest absolute Gasteiger partial charge is 0.410 e. The van der Waals surface area contributed by atoms with Crippen molar-refractivity contribution < 1.29 is 19.1 Å². The first-order chi connectivity index (χ1) is 14.7. The van der Waals surface area contributed by atoms with Gasteiger partial charge < -0.3 is 24.6 Å². The molecule has 0 spiro atoms. The number of hydrogen-bond acceptors (Lipinski definition) is 7. The van der Waals surface area contributed by atoms with Crippen LogP contribution in [0.3, 0.4) is 0 Å². The Labute approximate surface area is 184 Å². The van der Waals surface area contributed by atoms with Gasteiger partial charge in [-0.05, 0) is 34.1 Å². The highest BCUT2D eigenvalue weighted by atomic mass is 16.6. The molecule has 1 N–H and O–H groups in total. The molecule has 31 heavy (non-hydrogen) atoms. The van der Waals surface area contributed by atoms with Crippen LogP contribution in [0.25, 0.3) is 0 Å². The van der Waals surface area contributed by atoms with Crippen LogP contribution in [0.4, 0.5) is 10.6 Å². The molecule has 0 saturated carbocycles. The second-order valence-electron chi connectivity index (χ2n) is 8.35. The van der Waals surface area contributed by atoms with Crippen LogP contribution in [0.5, 0.6) is 0 Å². The number of anilines is 1. The molecule has 1 fully saturated rings. The number of rotatable bonds is 6. The van der Waals surface area contributed by atoms with Gasteiger partial charge in [0.05, 0.1) is 18.8 Å². The Morgan fingerprint density at radius 2 is 2.03 bits per heavy atom. The molecular formula is C22H33N5O4. The zero-order chi connectivity index (χ0) is 22.9. The van der Waals surface area contributed by atoms with Crippen molar-refractivity contribution in [3.63, 3.8) is 0 Å². The van der Waals surface area contributed by atoms with Gasteiger partial charge in [-0.15, -0.1) is 0 Å². The van der Waals surface area contributed by atoms with E-state index in [0.717, 1.165) is 24.5 Å². The maximum Gasteiger partial charge on any atom is 0.410 e. The van der Waals surface area contributed by atoms with Gasteiger partial charge in [0.2, 0.25) is 5.91 Å². The number of carbonyl (C=O) groups is 2. The molecular weight excluding hydrogens is 398 g/mol. The number of nitrogens with zero attached hydrogens (tertiary/aromatic N) is 4. The second kappa shape index (κ2) is 11.5. The summed E-state index contributed by atoms with van der Waals surface area (Å²) in [6.07, 6.45) is 2.56. The van der Waals surface area contributed by atoms with Crippen LogP contribution in [0, 0.1) is 18.8 Å². The molecule has 0 aliphatic carbocycles. The number of likely N-dealkylation sites (N-methyl/N-ethyl adjacent to an activating group) is 1. The van der Waals surface area contributed by atoms with Crippen LogP contribution in [-0.2, 0) is 14.3 Å². The summed E-state index contributed by atoms with van der Waals surface area (Å²) in [5.41, 5.74) is 0.209. The van der Waals surface area contributed by atoms with Gasteiger partial charge in [0.1, 0.15) is 23.8 Å². The predicted octanol–water partition coefficient (Wildman–Crippen LogP) is 1.74. The number of carbonyl (C=O) groups excluding carboxylic acids is 2. The van der Waals surface area contributed by atoms with Crippen molar-refractivity contribution in [3.05, 3.63) is 17.6 Å². The molecule has 1 saturated heterocycles. The van der Waals surface area contributed by atoms with Gasteiger partial charge in [-0.2, -0.15) is 0 Å². The van der Waals surface area contributed by atoms with Gasteiger partial charge in [-0.25, -0.2) is 14.8 Å². The Hall–Kier alpha value is -2.86. The average molecular weight is 432 g/mol. The highest BCUT2D eigenvalue weighted by Gasteiger charge is 2.21. The van der Waals surface area contributed by atoms with Gasteiger partial charge in [0.15, 0.2) is 0 Å². The number of aryl methyl sites for hydroxylation is 1. The lowest BCUT2D eigenvalue weighted by Gasteiger charge is -2.28. The molecule has 2 heterocycles. The monoisotopic (exact) mass is 431 g/mol. The lowest BCUT2D eigenvalue weighted by molar-refractivity contribution is -0.122. The first-order valence-electron chi connectivity index (χ1n) is 10.5. The van der Waals surface area contributed by atoms with E-state index in [9.17, 15) is 9.59 Å². The third-order valence-electron chi connectivity index (χ3n) is 4.31. The molecule has 0 atom stereocenters. The largest absolute Gasteiger partial charge is 0.444 e. The third-order valence-corrected chi connectivity index (χ3v) is 4.31. The molecule has 1 aromatic heterocycles. The van der Waals surface area contributed by atoms with E-state index in [1.54, 1.807) is 27.0 Å². The van der Waals surface area contributed by atoms with Crippen LogP contribution < -0.4 is 10.2 Å². The lowest BCUT2D eigenvalue weighted by Crippen LogP contribution is -2.41. The summed E-state index contributed by atoms with van der Waals surface area (Å²) in [6, 6.07) is 0. The van der Waals surface area contributed by atoms with E-state index in [1.165, 1.54) is 11.9 Å². The van der Waals surface area contributed by atoms with E-state index in [4.69, 9.17) is 9.47 Å². The number of amides is 2. The fourth-order valence-electron chi connectivity index (χ4n) is 2.80. The Morgan fingerprint density at radius 3 is 2.71 bits per heavy atom. The molecule has 9 nitrogen and oxygen atoms in total. The van der Waals surface area contributed by atoms with Crippen molar-refractivity contribution in [2.45, 2.75) is 46.1 Å². The van der Waals surface area contributed by atoms with Crippen molar-refractivity contribution in [2.24, 2.45) is 0 Å². The molecule has 1 aliphatic rings. The highest BCUT2D eigenvalue weighted by Crippen LogP contribution is 2.17. The molecule has 2 amide bonds. The van der Waals surface area contributed by atoms with Crippen molar-refractivity contribution in [2.75, 3.05) is 51.3 Å². The standard InChI is InChI=1S/C22H33N5O4/c1-17-24-15-18(20(25-17)27-11-13-30-14-12-27)9-7-6-8-10-23-19(28)16-26(5)21(29)31-22(2,3)4/h15H,6,8,10-14,16H2,1-5H3,(H,23,28). The van der Waals surface area contributed by atoms with Crippen molar-refractivity contribution in [3.8, 4) is 11.8 Å². The molecule has 170 valence electrons. The van der Waals surface area contributed by atoms with Crippen LogP contribution in [0.15, 0.2) is 6.20 Å². The normalized spacial score (nSPS) is 13.8. The molecule has 9 heteroatoms. The minimum Gasteiger partial charge on any atom is -0.444 e. The summed E-state index contributed by atoms with van der Waals surface area (Å²) < 4.78 is 10.6. The molecule has 0 aromatic carbocycles. The van der Waals surface area contributed by atoms with Gasteiger partial charge in [0, 0.05) is 39.3 Å². The zero-order valence-corrected chi connectivity index (χ0v) is 19.2. The van der Waals surface area contributed by atoms with Gasteiger partial charge in [-0.1, -0.05) is 11.8 Å². The third kappa shape index (κ3) is 8.80. The number of nitrogens with one attached hydrogen (secondary N) is 1. The number of ether oxygens (including phenoxy) is 2. The molecule has 2 rings (SSSR count). The molecule has 1 aromatic rings. The van der Waals surface area contributed by atoms with E-state index in [0.29, 0.717) is 38.4 Å². The summed E-state index contributed by atoms with van der Waals surface area (Å²) >= 11 is 0. The first-order valence-corrected chi connectivity index (χ1v) is 10.5. The highest BCUT2D eigenvalue weighted by molar-refractivity contribution is 5.82. The Balaban J connectivity index is 1.76. The number of unbranched alkanes of at least 4 members (excludes halogenated alkanes) is 1. The topological polar surface area (TPSA) is 96.9 Å². The van der Waals surface area contributed by atoms with Gasteiger partial charge in [-0.3, -0.25) is 4.79 Å². The molecule has 0 radical (unpaired) electrons. The molecule has 0 bridgehead atoms. The van der Waals surface area contributed by atoms with E-state index in [2.05, 4.69) is 32.0 Å². The van der Waals surface area contributed by atoms with E-state index in [1.807, 2.05) is 6.92 Å². The van der Waals surface area contributed by atoms with Crippen LogP contribution >= 0.6 is 0 Å². The minimum atomic E-state index is -0.593. The van der Waals surface area contributed by atoms with Crippen molar-refractivity contribution in [1.82, 2.24) is 20.2 Å². The fraction of sp³-hybridized carbons (Fsp3) is 0.636. The number of hydrogen-bond donors (Lipinski definition) is 1. The SMILES string of the molecule is Cc1ncc(C#CCCCNC(=O)CN(C)C(=O)OC(C)(C)C)c(N2CCOCC2)n1. The van der Waals surface area contributed by atoms with Crippen LogP contribution in [0.1, 0.15) is 45.0 Å². The number of aromatic nitrogens is 2. The van der Waals surface area contributed by atoms with E-state index < -0.39 is 11.7 Å². The molecule has 1 aliphatic heterocycles. The maximum atomic E-state index is 12.0. The second-order valence-corrected chi connectivity index (χ2v) is 8.35. The Morgan fingerprint density at radius 1 is 1.32 bits per heavy atom. The average Bonchev–Trinajstić information content (AvgIpc) is 2.70. The molecule has 0 unspecified atom stereocenters. The Kier molecular flexibility index (Phi) is 9.06. The summed E-state index contributed by atoms with van der Waals surface area (Å²) in [6.45, 7) is 10.6. The number of morpholine rings is 1. The lowest BCUT2D eigenvalue weighted by atomic mass is 10.2. The van der Waals surface area contributed by atoms with Crippen LogP contribution in [0.2, 0.25) is 0 Å². The summed E-state index contributed by atoms with van der Waals surface area (Å²) in [4.78, 5) is 36.1. The van der Waals surface area contributed by atoms with Crippen molar-refractivity contribution >= 4 is 17.8 Å². The summed E-state index contributed by atoms with van der Waals surface area (Å²) in [7, 11) is 1.54. The van der Waals surface area contributed by atoms with Crippen molar-refractivity contribution in [1.29, 1.82) is 0 Å². The maximum absolute atomic E-state index is 12.0. The van der Waals surface area contributed by atoms with E-state index in [-0.39, 0.29) is 12.5 Å². The van der Waals surface area contributed by atoms with Gasteiger partial charge >= 0.3 is 6.09 Å². The van der Waals surface area contributed by atoms with E-state index >= 15 is 0 Å². The fourth-order valence-corrected chi connectivity index (χ4v) is 2.80. The summed E-state index contributed by atoms with van der Waals surface area (Å²) in [5.74, 6) is 7.62. The summed E-state index contributed by atoms with van der Waals surface area (Å²) in [5, 5.41) is 2.80. The minimum absolute atomic E-state index is 0.0514. The Bertz CT molecular complexity index is 819. The quantitative estimate of drug-likeness (QED) is 0.541. The predicted molar refractivity (Wildman–Crippen MR) is 118 cm³/mol. The van der Waals surface area contributed by atoms with Gasteiger partial charge in [0.25, 0.3) is 0 Å². The zero-order valence-electron chi connectivity index (χ0n) is 19.2. The first kappa shape index (κ1) is 24.4.